The van der Waals surface area contributed by atoms with Crippen molar-refractivity contribution in [1.29, 1.82) is 0 Å². The molecule has 0 aliphatic carbocycles. The van der Waals surface area contributed by atoms with Crippen LogP contribution in [0.25, 0.3) is 0 Å². The molecule has 3 atom stereocenters. The van der Waals surface area contributed by atoms with Gasteiger partial charge < -0.3 is 31.6 Å². The van der Waals surface area contributed by atoms with Crippen molar-refractivity contribution in [3.63, 3.8) is 0 Å². The van der Waals surface area contributed by atoms with Crippen molar-refractivity contribution in [2.75, 3.05) is 26.3 Å². The first-order valence-corrected chi connectivity index (χ1v) is 18.2. The highest BCUT2D eigenvalue weighted by atomic mass is 16.5. The summed E-state index contributed by atoms with van der Waals surface area (Å²) >= 11 is 0. The Kier molecular flexibility index (Phi) is 27.7. The number of nitrogens with one attached hydrogen (secondary N) is 2. The normalized spacial score (nSPS) is 12.9. The van der Waals surface area contributed by atoms with Gasteiger partial charge >= 0.3 is 11.9 Å². The zero-order valence-electron chi connectivity index (χ0n) is 29.5. The number of aliphatic imine (C=N–C) groups is 1. The molecule has 0 aromatic heterocycles. The lowest BCUT2D eigenvalue weighted by atomic mass is 9.95. The highest BCUT2D eigenvalue weighted by molar-refractivity contribution is 5.87. The Labute approximate surface area is 279 Å². The molecule has 2 amide bonds. The average molecular weight is 654 g/mol. The molecule has 2 unspecified atom stereocenters. The van der Waals surface area contributed by atoms with E-state index in [0.29, 0.717) is 32.4 Å². The van der Waals surface area contributed by atoms with Crippen LogP contribution in [0, 0.1) is 11.8 Å². The summed E-state index contributed by atoms with van der Waals surface area (Å²) in [6.07, 6.45) is 16.1. The minimum absolute atomic E-state index is 0.0408. The SMILES string of the molecule is CCCCCCC(CCCC)C(=O)OCCCC(=O)N[C@@H](CCN=C(N)N)C(=O)NCCCCOC(=O)C(CCC)CCCCC. The molecular formula is C35H67N5O6. The summed E-state index contributed by atoms with van der Waals surface area (Å²) in [5.74, 6) is -1.16. The molecule has 0 fully saturated rings. The summed E-state index contributed by atoms with van der Waals surface area (Å²) in [6.45, 7) is 9.55. The van der Waals surface area contributed by atoms with E-state index in [4.69, 9.17) is 20.9 Å². The second kappa shape index (κ2) is 29.5. The van der Waals surface area contributed by atoms with Crippen molar-refractivity contribution in [2.24, 2.45) is 28.3 Å². The fourth-order valence-corrected chi connectivity index (χ4v) is 5.25. The van der Waals surface area contributed by atoms with Crippen LogP contribution in [0.4, 0.5) is 0 Å². The van der Waals surface area contributed by atoms with Crippen LogP contribution in [0.2, 0.25) is 0 Å². The number of esters is 2. The number of unbranched alkanes of at least 4 members (excludes halogenated alkanes) is 7. The van der Waals surface area contributed by atoms with Crippen LogP contribution in [-0.4, -0.2) is 62.1 Å². The topological polar surface area (TPSA) is 175 Å². The van der Waals surface area contributed by atoms with E-state index >= 15 is 0 Å². The van der Waals surface area contributed by atoms with Gasteiger partial charge in [-0.2, -0.15) is 0 Å². The Balaban J connectivity index is 4.64. The average Bonchev–Trinajstić information content (AvgIpc) is 3.03. The number of ether oxygens (including phenoxy) is 2. The van der Waals surface area contributed by atoms with Crippen molar-refractivity contribution in [2.45, 2.75) is 156 Å². The van der Waals surface area contributed by atoms with E-state index in [1.165, 1.54) is 6.42 Å². The van der Waals surface area contributed by atoms with E-state index in [1.54, 1.807) is 0 Å². The molecule has 0 spiro atoms. The first-order chi connectivity index (χ1) is 22.2. The standard InChI is InChI=1S/C35H67N5O6/c1-5-9-12-14-21-29(19-11-7-3)34(44)46-27-17-22-31(41)40-30(23-25-39-35(36)37)32(42)38-24-15-16-26-45-33(43)28(18-8-4)20-13-10-6-2/h28-30H,5-27H2,1-4H3,(H,38,42)(H,40,41)(H4,36,37,39)/t28?,29?,30-/m0/s1. The first kappa shape index (κ1) is 43.1. The zero-order chi connectivity index (χ0) is 34.4. The van der Waals surface area contributed by atoms with Crippen molar-refractivity contribution >= 4 is 29.7 Å². The summed E-state index contributed by atoms with van der Waals surface area (Å²) in [6, 6.07) is -0.810. The molecule has 0 rings (SSSR count). The summed E-state index contributed by atoms with van der Waals surface area (Å²) < 4.78 is 11.0. The van der Waals surface area contributed by atoms with Crippen LogP contribution in [0.1, 0.15) is 150 Å². The molecule has 0 bridgehead atoms. The van der Waals surface area contributed by atoms with Crippen LogP contribution in [0.5, 0.6) is 0 Å². The summed E-state index contributed by atoms with van der Waals surface area (Å²) in [5.41, 5.74) is 10.9. The van der Waals surface area contributed by atoms with Crippen molar-refractivity contribution < 1.29 is 28.7 Å². The molecule has 46 heavy (non-hydrogen) atoms. The highest BCUT2D eigenvalue weighted by Gasteiger charge is 2.22. The molecule has 0 radical (unpaired) electrons. The minimum Gasteiger partial charge on any atom is -0.465 e. The summed E-state index contributed by atoms with van der Waals surface area (Å²) in [5, 5.41) is 5.62. The maximum atomic E-state index is 12.9. The second-order valence-corrected chi connectivity index (χ2v) is 12.3. The predicted octanol–water partition coefficient (Wildman–Crippen LogP) is 5.67. The number of rotatable bonds is 30. The Morgan fingerprint density at radius 3 is 1.80 bits per heavy atom. The number of amides is 2. The van der Waals surface area contributed by atoms with Crippen LogP contribution in [-0.2, 0) is 28.7 Å². The largest absolute Gasteiger partial charge is 0.465 e. The van der Waals surface area contributed by atoms with Crippen molar-refractivity contribution in [3.05, 3.63) is 0 Å². The smallest absolute Gasteiger partial charge is 0.308 e. The maximum Gasteiger partial charge on any atom is 0.308 e. The van der Waals surface area contributed by atoms with Gasteiger partial charge in [0.2, 0.25) is 11.8 Å². The van der Waals surface area contributed by atoms with Crippen LogP contribution >= 0.6 is 0 Å². The van der Waals surface area contributed by atoms with E-state index < -0.39 is 6.04 Å². The maximum absolute atomic E-state index is 12.9. The van der Waals surface area contributed by atoms with Crippen LogP contribution < -0.4 is 22.1 Å². The second-order valence-electron chi connectivity index (χ2n) is 12.3. The Hall–Kier alpha value is -2.85. The van der Waals surface area contributed by atoms with Gasteiger partial charge in [0.25, 0.3) is 0 Å². The number of carbonyl (C=O) groups is 4. The number of guanidine groups is 1. The molecular weight excluding hydrogens is 586 g/mol. The van der Waals surface area contributed by atoms with Gasteiger partial charge in [-0.3, -0.25) is 24.2 Å². The van der Waals surface area contributed by atoms with Gasteiger partial charge in [0.15, 0.2) is 5.96 Å². The van der Waals surface area contributed by atoms with Gasteiger partial charge in [0.1, 0.15) is 6.04 Å². The van der Waals surface area contributed by atoms with Crippen molar-refractivity contribution in [3.8, 4) is 0 Å². The Morgan fingerprint density at radius 1 is 0.630 bits per heavy atom. The molecule has 0 saturated carbocycles. The van der Waals surface area contributed by atoms with E-state index in [0.717, 1.165) is 83.5 Å². The Bertz CT molecular complexity index is 849. The minimum atomic E-state index is -0.810. The van der Waals surface area contributed by atoms with Gasteiger partial charge in [0.05, 0.1) is 25.0 Å². The van der Waals surface area contributed by atoms with Crippen LogP contribution in [0.15, 0.2) is 4.99 Å². The fourth-order valence-electron chi connectivity index (χ4n) is 5.25. The molecule has 0 aliphatic rings. The number of hydrogen-bond donors (Lipinski definition) is 4. The molecule has 0 saturated heterocycles. The fraction of sp³-hybridized carbons (Fsp3) is 0.857. The number of nitrogens with zero attached hydrogens (tertiary/aromatic N) is 1. The Morgan fingerprint density at radius 2 is 1.20 bits per heavy atom. The molecule has 0 aliphatic heterocycles. The van der Waals surface area contributed by atoms with Crippen LogP contribution in [0.3, 0.4) is 0 Å². The lowest BCUT2D eigenvalue weighted by Crippen LogP contribution is -2.47. The first-order valence-electron chi connectivity index (χ1n) is 18.2. The molecule has 0 aromatic rings. The van der Waals surface area contributed by atoms with Gasteiger partial charge in [-0.1, -0.05) is 91.9 Å². The third-order valence-electron chi connectivity index (χ3n) is 8.04. The third-order valence-corrected chi connectivity index (χ3v) is 8.04. The molecule has 11 nitrogen and oxygen atoms in total. The number of hydrogen-bond acceptors (Lipinski definition) is 7. The monoisotopic (exact) mass is 654 g/mol. The lowest BCUT2D eigenvalue weighted by Gasteiger charge is -2.18. The number of nitrogens with two attached hydrogens (primary N) is 2. The molecule has 0 aromatic carbocycles. The van der Waals surface area contributed by atoms with E-state index in [1.807, 2.05) is 0 Å². The quantitative estimate of drug-likeness (QED) is 0.0332. The molecule has 268 valence electrons. The van der Waals surface area contributed by atoms with Gasteiger partial charge in [0, 0.05) is 19.5 Å². The van der Waals surface area contributed by atoms with E-state index in [2.05, 4.69) is 43.3 Å². The summed E-state index contributed by atoms with van der Waals surface area (Å²) in [4.78, 5) is 54.7. The van der Waals surface area contributed by atoms with Gasteiger partial charge in [-0.05, 0) is 51.4 Å². The summed E-state index contributed by atoms with van der Waals surface area (Å²) in [7, 11) is 0. The number of carbonyl (C=O) groups excluding carboxylic acids is 4. The molecule has 11 heteroatoms. The van der Waals surface area contributed by atoms with Crippen molar-refractivity contribution in [1.82, 2.24) is 10.6 Å². The highest BCUT2D eigenvalue weighted by Crippen LogP contribution is 2.20. The van der Waals surface area contributed by atoms with E-state index in [-0.39, 0.29) is 67.5 Å². The zero-order valence-corrected chi connectivity index (χ0v) is 29.5. The molecule has 6 N–H and O–H groups in total. The van der Waals surface area contributed by atoms with Gasteiger partial charge in [-0.25, -0.2) is 0 Å². The van der Waals surface area contributed by atoms with Gasteiger partial charge in [-0.15, -0.1) is 0 Å². The predicted molar refractivity (Wildman–Crippen MR) is 185 cm³/mol. The van der Waals surface area contributed by atoms with E-state index in [9.17, 15) is 19.2 Å². The molecule has 0 heterocycles. The lowest BCUT2D eigenvalue weighted by molar-refractivity contribution is -0.150. The third kappa shape index (κ3) is 23.5.